The molecule has 2 aliphatic rings. The maximum absolute atomic E-state index is 6.74. The van der Waals surface area contributed by atoms with Gasteiger partial charge >= 0.3 is 5.96 Å². The largest absolute Gasteiger partial charge is 0.341 e. The molecule has 4 aromatic rings. The van der Waals surface area contributed by atoms with Crippen LogP contribution < -0.4 is 16.0 Å². The molecule has 2 fully saturated rings. The Morgan fingerprint density at radius 2 is 1.16 bits per heavy atom. The Bertz CT molecular complexity index is 1340. The standard InChI is InChI=1S/C33H39N5/c34-33(35-27-17-7-9-19-31(27)37-23-11-21-29(37)25-13-3-1-4-14-25)36-28-18-8-10-20-32(28)38-24-12-22-30(38)26-15-5-2-6-16-26/h1-6,11-16,21-24,27-28,31-32H,7-10,17-20H2,(H3,34,35,36)/p+1/t27-,28-,31-,32-/m1/s1. The monoisotopic (exact) mass is 506 g/mol. The van der Waals surface area contributed by atoms with Crippen LogP contribution in [0.5, 0.6) is 0 Å². The van der Waals surface area contributed by atoms with Crippen molar-refractivity contribution in [1.29, 1.82) is 0 Å². The smallest absolute Gasteiger partial charge is 0.341 e. The molecule has 0 spiro atoms. The van der Waals surface area contributed by atoms with Crippen molar-refractivity contribution in [2.45, 2.75) is 75.5 Å². The highest BCUT2D eigenvalue weighted by molar-refractivity contribution is 5.72. The minimum Gasteiger partial charge on any atom is -0.341 e. The van der Waals surface area contributed by atoms with Crippen LogP contribution in [0.15, 0.2) is 97.3 Å². The molecule has 2 heterocycles. The third-order valence-corrected chi connectivity index (χ3v) is 8.55. The Balaban J connectivity index is 1.22. The highest BCUT2D eigenvalue weighted by Crippen LogP contribution is 2.34. The first-order valence-electron chi connectivity index (χ1n) is 14.4. The molecule has 0 amide bonds. The summed E-state index contributed by atoms with van der Waals surface area (Å²) in [5, 5.41) is 3.75. The first-order chi connectivity index (χ1) is 18.8. The minimum atomic E-state index is 0.305. The molecule has 5 nitrogen and oxygen atoms in total. The first-order valence-corrected chi connectivity index (χ1v) is 14.4. The van der Waals surface area contributed by atoms with E-state index in [1.807, 2.05) is 0 Å². The van der Waals surface area contributed by atoms with E-state index in [0.29, 0.717) is 24.2 Å². The van der Waals surface area contributed by atoms with Crippen LogP contribution in [-0.4, -0.2) is 27.2 Å². The van der Waals surface area contributed by atoms with Crippen LogP contribution >= 0.6 is 0 Å². The maximum atomic E-state index is 6.74. The number of guanidine groups is 1. The molecule has 2 aliphatic carbocycles. The Labute approximate surface area is 226 Å². The summed E-state index contributed by atoms with van der Waals surface area (Å²) in [6, 6.07) is 31.6. The van der Waals surface area contributed by atoms with Crippen molar-refractivity contribution in [3.63, 3.8) is 0 Å². The molecule has 38 heavy (non-hydrogen) atoms. The third-order valence-electron chi connectivity index (χ3n) is 8.55. The predicted molar refractivity (Wildman–Crippen MR) is 156 cm³/mol. The summed E-state index contributed by atoms with van der Waals surface area (Å²) in [5.74, 6) is 0.723. The van der Waals surface area contributed by atoms with Crippen LogP contribution in [0.3, 0.4) is 0 Å². The zero-order chi connectivity index (χ0) is 25.7. The van der Waals surface area contributed by atoms with Gasteiger partial charge in [0, 0.05) is 23.8 Å². The number of nitrogens with one attached hydrogen (secondary N) is 2. The van der Waals surface area contributed by atoms with E-state index in [1.54, 1.807) is 0 Å². The molecule has 2 saturated carbocycles. The van der Waals surface area contributed by atoms with E-state index >= 15 is 0 Å². The van der Waals surface area contributed by atoms with Gasteiger partial charge in [-0.25, -0.2) is 0 Å². The highest BCUT2D eigenvalue weighted by Gasteiger charge is 2.33. The molecule has 196 valence electrons. The fourth-order valence-electron chi connectivity index (χ4n) is 6.74. The Morgan fingerprint density at radius 3 is 1.79 bits per heavy atom. The second kappa shape index (κ2) is 11.3. The van der Waals surface area contributed by atoms with Crippen molar-refractivity contribution >= 4 is 5.96 Å². The summed E-state index contributed by atoms with van der Waals surface area (Å²) in [7, 11) is 0. The number of benzene rings is 2. The van der Waals surface area contributed by atoms with Gasteiger partial charge in [0.1, 0.15) is 0 Å². The van der Waals surface area contributed by atoms with Gasteiger partial charge in [-0.3, -0.25) is 16.0 Å². The average Bonchev–Trinajstić information content (AvgIpc) is 3.65. The number of hydrogen-bond acceptors (Lipinski definition) is 0. The van der Waals surface area contributed by atoms with Gasteiger partial charge in [0.15, 0.2) is 0 Å². The Morgan fingerprint density at radius 1 is 0.632 bits per heavy atom. The van der Waals surface area contributed by atoms with Crippen molar-refractivity contribution in [2.75, 3.05) is 0 Å². The molecule has 0 radical (unpaired) electrons. The lowest BCUT2D eigenvalue weighted by Crippen LogP contribution is -2.86. The van der Waals surface area contributed by atoms with Crippen LogP contribution in [-0.2, 0) is 0 Å². The topological polar surface area (TPSA) is 61.9 Å². The zero-order valence-electron chi connectivity index (χ0n) is 22.2. The quantitative estimate of drug-likeness (QED) is 0.246. The number of nitrogens with zero attached hydrogens (tertiary/aromatic N) is 2. The Hall–Kier alpha value is -3.73. The van der Waals surface area contributed by atoms with Crippen LogP contribution in [0.25, 0.3) is 22.5 Å². The number of rotatable bonds is 6. The van der Waals surface area contributed by atoms with Crippen molar-refractivity contribution in [2.24, 2.45) is 5.73 Å². The van der Waals surface area contributed by atoms with Crippen molar-refractivity contribution in [1.82, 2.24) is 14.5 Å². The van der Waals surface area contributed by atoms with E-state index in [4.69, 9.17) is 5.73 Å². The van der Waals surface area contributed by atoms with E-state index in [-0.39, 0.29) is 0 Å². The maximum Gasteiger partial charge on any atom is 0.341 e. The van der Waals surface area contributed by atoms with E-state index in [1.165, 1.54) is 48.2 Å². The van der Waals surface area contributed by atoms with Crippen LogP contribution in [0.4, 0.5) is 0 Å². The van der Waals surface area contributed by atoms with E-state index < -0.39 is 0 Å². The van der Waals surface area contributed by atoms with E-state index in [0.717, 1.165) is 31.6 Å². The molecule has 5 heteroatoms. The third kappa shape index (κ3) is 5.15. The van der Waals surface area contributed by atoms with Gasteiger partial charge in [0.05, 0.1) is 24.2 Å². The molecule has 0 aliphatic heterocycles. The minimum absolute atomic E-state index is 0.305. The molecule has 0 bridgehead atoms. The van der Waals surface area contributed by atoms with E-state index in [9.17, 15) is 0 Å². The summed E-state index contributed by atoms with van der Waals surface area (Å²) in [4.78, 5) is 3.75. The van der Waals surface area contributed by atoms with Gasteiger partial charge in [-0.2, -0.15) is 0 Å². The summed E-state index contributed by atoms with van der Waals surface area (Å²) in [6.07, 6.45) is 14.0. The van der Waals surface area contributed by atoms with Crippen molar-refractivity contribution in [3.8, 4) is 22.5 Å². The number of hydrogen-bond donors (Lipinski definition) is 3. The summed E-state index contributed by atoms with van der Waals surface area (Å²) in [6.45, 7) is 0. The van der Waals surface area contributed by atoms with Gasteiger partial charge in [-0.1, -0.05) is 73.5 Å². The molecule has 2 aromatic heterocycles. The summed E-state index contributed by atoms with van der Waals surface area (Å²) in [5.41, 5.74) is 11.8. The lowest BCUT2D eigenvalue weighted by Gasteiger charge is -2.33. The van der Waals surface area contributed by atoms with Crippen molar-refractivity contribution in [3.05, 3.63) is 97.3 Å². The van der Waals surface area contributed by atoms with Gasteiger partial charge < -0.3 is 9.13 Å². The van der Waals surface area contributed by atoms with Crippen LogP contribution in [0.1, 0.15) is 63.5 Å². The van der Waals surface area contributed by atoms with Crippen molar-refractivity contribution < 1.29 is 4.99 Å². The fourth-order valence-corrected chi connectivity index (χ4v) is 6.74. The molecule has 4 atom stereocenters. The Kier molecular flexibility index (Phi) is 7.34. The van der Waals surface area contributed by atoms with Crippen LogP contribution in [0, 0.1) is 0 Å². The van der Waals surface area contributed by atoms with Gasteiger partial charge in [-0.05, 0) is 73.9 Å². The molecule has 4 N–H and O–H groups in total. The second-order valence-electron chi connectivity index (χ2n) is 11.0. The molecule has 6 rings (SSSR count). The van der Waals surface area contributed by atoms with E-state index in [2.05, 4.69) is 117 Å². The normalized spacial score (nSPS) is 24.3. The molecular weight excluding hydrogens is 466 g/mol. The number of aromatic nitrogens is 2. The average molecular weight is 507 g/mol. The molecule has 2 aromatic carbocycles. The highest BCUT2D eigenvalue weighted by atomic mass is 15.2. The van der Waals surface area contributed by atoms with Crippen LogP contribution in [0.2, 0.25) is 0 Å². The summed E-state index contributed by atoms with van der Waals surface area (Å²) >= 11 is 0. The molecule has 0 saturated heterocycles. The second-order valence-corrected chi connectivity index (χ2v) is 11.0. The molecular formula is C33H40N5+. The first kappa shape index (κ1) is 24.6. The number of nitrogens with two attached hydrogens (primary N) is 1. The SMILES string of the molecule is NC(N[C@@H]1CCCC[C@H]1n1cccc1-c1ccccc1)=[NH+][C@@H]1CCCC[C@H]1n1cccc1-c1ccccc1. The molecule has 0 unspecified atom stereocenters. The predicted octanol–water partition coefficient (Wildman–Crippen LogP) is 5.28. The lowest BCUT2D eigenvalue weighted by molar-refractivity contribution is -0.518. The summed E-state index contributed by atoms with van der Waals surface area (Å²) < 4.78 is 4.93. The zero-order valence-corrected chi connectivity index (χ0v) is 22.2. The van der Waals surface area contributed by atoms with Gasteiger partial charge in [-0.15, -0.1) is 0 Å². The van der Waals surface area contributed by atoms with Gasteiger partial charge in [0.2, 0.25) is 0 Å². The lowest BCUT2D eigenvalue weighted by atomic mass is 9.89. The van der Waals surface area contributed by atoms with Gasteiger partial charge in [0.25, 0.3) is 0 Å². The fraction of sp³-hybridized carbons (Fsp3) is 0.364.